The molecule has 0 bridgehead atoms. The lowest BCUT2D eigenvalue weighted by Gasteiger charge is -2.17. The van der Waals surface area contributed by atoms with Gasteiger partial charge in [-0.1, -0.05) is 0 Å². The summed E-state index contributed by atoms with van der Waals surface area (Å²) < 4.78 is 44.5. The molecule has 0 aliphatic carbocycles. The van der Waals surface area contributed by atoms with E-state index in [0.29, 0.717) is 22.1 Å². The molecule has 3 heterocycles. The van der Waals surface area contributed by atoms with Gasteiger partial charge in [-0.2, -0.15) is 18.2 Å². The molecular weight excluding hydrogens is 409 g/mol. The smallest absolute Gasteiger partial charge is 0.455 e. The molecule has 0 saturated carbocycles. The van der Waals surface area contributed by atoms with E-state index in [4.69, 9.17) is 9.57 Å². The summed E-state index contributed by atoms with van der Waals surface area (Å²) in [5.74, 6) is -0.568. The van der Waals surface area contributed by atoms with Crippen LogP contribution in [-0.4, -0.2) is 36.7 Å². The van der Waals surface area contributed by atoms with Crippen LogP contribution in [0.2, 0.25) is 0 Å². The Morgan fingerprint density at radius 1 is 1.28 bits per heavy atom. The van der Waals surface area contributed by atoms with Gasteiger partial charge in [0, 0.05) is 18.6 Å². The number of ether oxygens (including phenoxy) is 1. The minimum Gasteiger partial charge on any atom is -0.455 e. The monoisotopic (exact) mass is 422 g/mol. The number of fused-ring (bicyclic) bond motifs is 1. The Bertz CT molecular complexity index is 1100. The average Bonchev–Trinajstić information content (AvgIpc) is 3.36. The molecule has 150 valence electrons. The van der Waals surface area contributed by atoms with Gasteiger partial charge >= 0.3 is 12.1 Å². The maximum absolute atomic E-state index is 12.6. The molecule has 0 atom stereocenters. The van der Waals surface area contributed by atoms with Crippen molar-refractivity contribution in [1.82, 2.24) is 10.3 Å². The first-order valence-corrected chi connectivity index (χ1v) is 9.11. The van der Waals surface area contributed by atoms with Crippen molar-refractivity contribution < 1.29 is 27.5 Å². The predicted molar refractivity (Wildman–Crippen MR) is 101 cm³/mol. The van der Waals surface area contributed by atoms with Gasteiger partial charge in [-0.15, -0.1) is 11.3 Å². The fourth-order valence-electron chi connectivity index (χ4n) is 2.63. The number of rotatable bonds is 4. The minimum atomic E-state index is -4.63. The van der Waals surface area contributed by atoms with Crippen LogP contribution in [0, 0.1) is 0 Å². The van der Waals surface area contributed by atoms with E-state index in [1.807, 2.05) is 0 Å². The molecule has 0 radical (unpaired) electrons. The van der Waals surface area contributed by atoms with Gasteiger partial charge in [0.1, 0.15) is 12.4 Å². The highest BCUT2D eigenvalue weighted by molar-refractivity contribution is 7.20. The number of amides is 1. The highest BCUT2D eigenvalue weighted by atomic mass is 32.1. The summed E-state index contributed by atoms with van der Waals surface area (Å²) in [6, 6.07) is 8.02. The van der Waals surface area contributed by atoms with Crippen molar-refractivity contribution in [2.75, 3.05) is 18.8 Å². The Balaban J connectivity index is 1.51. The van der Waals surface area contributed by atoms with Gasteiger partial charge in [-0.3, -0.25) is 9.78 Å². The first-order valence-electron chi connectivity index (χ1n) is 8.30. The topological polar surface area (TPSA) is 76.0 Å². The molecule has 0 fully saturated rings. The van der Waals surface area contributed by atoms with Crippen molar-refractivity contribution in [3.05, 3.63) is 47.6 Å². The zero-order valence-corrected chi connectivity index (χ0v) is 15.7. The first-order chi connectivity index (χ1) is 13.8. The highest BCUT2D eigenvalue weighted by Crippen LogP contribution is 2.35. The van der Waals surface area contributed by atoms with Crippen LogP contribution in [0.15, 0.2) is 47.7 Å². The molecular formula is C18H13F3N4O3S. The molecule has 11 heteroatoms. The molecule has 1 aliphatic heterocycles. The number of pyridine rings is 1. The van der Waals surface area contributed by atoms with Gasteiger partial charge in [0.15, 0.2) is 5.75 Å². The third-order valence-electron chi connectivity index (χ3n) is 4.00. The third kappa shape index (κ3) is 3.81. The summed E-state index contributed by atoms with van der Waals surface area (Å²) in [6.45, 7) is -0.255. The second kappa shape index (κ2) is 7.24. The number of thiophene rings is 1. The van der Waals surface area contributed by atoms with E-state index in [0.717, 1.165) is 15.1 Å². The Hall–Kier alpha value is -3.34. The summed E-state index contributed by atoms with van der Waals surface area (Å²) in [6.07, 6.45) is -1.45. The van der Waals surface area contributed by atoms with Crippen LogP contribution in [0.1, 0.15) is 9.67 Å². The molecule has 1 amide bonds. The molecule has 0 unspecified atom stereocenters. The number of nitrogens with zero attached hydrogens (tertiary/aromatic N) is 3. The van der Waals surface area contributed by atoms with E-state index in [9.17, 15) is 18.0 Å². The molecule has 7 nitrogen and oxygen atoms in total. The van der Waals surface area contributed by atoms with Crippen LogP contribution in [0.3, 0.4) is 0 Å². The summed E-state index contributed by atoms with van der Waals surface area (Å²) in [4.78, 5) is 24.6. The van der Waals surface area contributed by atoms with E-state index in [-0.39, 0.29) is 12.6 Å². The highest BCUT2D eigenvalue weighted by Gasteiger charge is 2.42. The molecule has 3 aromatic rings. The van der Waals surface area contributed by atoms with Gasteiger partial charge in [0.05, 0.1) is 21.5 Å². The Morgan fingerprint density at radius 3 is 2.69 bits per heavy atom. The zero-order valence-electron chi connectivity index (χ0n) is 14.9. The quantitative estimate of drug-likeness (QED) is 0.685. The van der Waals surface area contributed by atoms with Crippen molar-refractivity contribution in [3.63, 3.8) is 0 Å². The summed E-state index contributed by atoms with van der Waals surface area (Å²) in [5.41, 5.74) is 0.397. The number of benzene rings is 1. The van der Waals surface area contributed by atoms with E-state index in [2.05, 4.69) is 15.3 Å². The average molecular weight is 422 g/mol. The first kappa shape index (κ1) is 19.0. The van der Waals surface area contributed by atoms with E-state index in [1.54, 1.807) is 43.6 Å². The van der Waals surface area contributed by atoms with Gasteiger partial charge in [0.2, 0.25) is 0 Å². The molecule has 29 heavy (non-hydrogen) atoms. The number of halogens is 3. The standard InChI is InChI=1S/C18H13F3N4O3S/c1-22-16(26)14-6-12-13(7-23-8-15(12)29-14)27-11-4-2-10(3-5-11)25-9-24-17(28-25)18(19,20)21/h2-8H,9H2,1H3,(H,22,26). The summed E-state index contributed by atoms with van der Waals surface area (Å²) in [5, 5.41) is 4.34. The van der Waals surface area contributed by atoms with Crippen molar-refractivity contribution in [2.45, 2.75) is 6.18 Å². The fraction of sp³-hybridized carbons (Fsp3) is 0.167. The maximum atomic E-state index is 12.6. The number of hydroxylamine groups is 1. The second-order valence-electron chi connectivity index (χ2n) is 5.91. The predicted octanol–water partition coefficient (Wildman–Crippen LogP) is 4.12. The van der Waals surface area contributed by atoms with Crippen molar-refractivity contribution in [2.24, 2.45) is 4.99 Å². The van der Waals surface area contributed by atoms with Crippen LogP contribution in [0.4, 0.5) is 18.9 Å². The molecule has 0 spiro atoms. The number of hydrogen-bond donors (Lipinski definition) is 1. The number of aromatic nitrogens is 1. The minimum absolute atomic E-state index is 0.201. The van der Waals surface area contributed by atoms with Crippen LogP contribution < -0.4 is 15.1 Å². The third-order valence-corrected chi connectivity index (χ3v) is 5.06. The molecule has 2 aromatic heterocycles. The second-order valence-corrected chi connectivity index (χ2v) is 6.99. The number of alkyl halides is 3. The summed E-state index contributed by atoms with van der Waals surface area (Å²) in [7, 11) is 1.55. The number of hydrogen-bond acceptors (Lipinski definition) is 7. The van der Waals surface area contributed by atoms with Crippen LogP contribution in [0.25, 0.3) is 10.1 Å². The molecule has 0 saturated heterocycles. The molecule has 1 aliphatic rings. The zero-order chi connectivity index (χ0) is 20.6. The maximum Gasteiger partial charge on any atom is 0.471 e. The van der Waals surface area contributed by atoms with Gasteiger partial charge in [-0.05, 0) is 30.3 Å². The number of aliphatic imine (C=N–C) groups is 1. The molecule has 4 rings (SSSR count). The van der Waals surface area contributed by atoms with E-state index < -0.39 is 12.1 Å². The lowest BCUT2D eigenvalue weighted by atomic mass is 10.2. The lowest BCUT2D eigenvalue weighted by Crippen LogP contribution is -2.28. The number of nitrogens with one attached hydrogen (secondary N) is 1. The molecule has 1 N–H and O–H groups in total. The summed E-state index contributed by atoms with van der Waals surface area (Å²) >= 11 is 1.29. The number of carbonyl (C=O) groups is 1. The number of carbonyl (C=O) groups excluding carboxylic acids is 1. The van der Waals surface area contributed by atoms with Crippen LogP contribution in [0.5, 0.6) is 11.5 Å². The van der Waals surface area contributed by atoms with Gasteiger partial charge in [-0.25, -0.2) is 4.99 Å². The van der Waals surface area contributed by atoms with Crippen LogP contribution in [-0.2, 0) is 4.84 Å². The SMILES string of the molecule is CNC(=O)c1cc2c(Oc3ccc(N4CN=C(C(F)(F)F)O4)cc3)cncc2s1. The lowest BCUT2D eigenvalue weighted by molar-refractivity contribution is -0.0764. The fourth-order valence-corrected chi connectivity index (χ4v) is 3.62. The normalized spacial score (nSPS) is 13.9. The van der Waals surface area contributed by atoms with Crippen molar-refractivity contribution in [1.29, 1.82) is 0 Å². The Kier molecular flexibility index (Phi) is 4.74. The number of anilines is 1. The van der Waals surface area contributed by atoms with Gasteiger partial charge < -0.3 is 14.9 Å². The van der Waals surface area contributed by atoms with Crippen LogP contribution >= 0.6 is 11.3 Å². The van der Waals surface area contributed by atoms with Crippen molar-refractivity contribution >= 4 is 38.9 Å². The largest absolute Gasteiger partial charge is 0.471 e. The Labute approximate surface area is 166 Å². The Morgan fingerprint density at radius 2 is 2.03 bits per heavy atom. The van der Waals surface area contributed by atoms with Crippen molar-refractivity contribution in [3.8, 4) is 11.5 Å². The van der Waals surface area contributed by atoms with E-state index >= 15 is 0 Å². The van der Waals surface area contributed by atoms with Gasteiger partial charge in [0.25, 0.3) is 5.91 Å². The molecule has 1 aromatic carbocycles. The van der Waals surface area contributed by atoms with E-state index in [1.165, 1.54) is 17.5 Å².